The van der Waals surface area contributed by atoms with Gasteiger partial charge in [0.25, 0.3) is 5.91 Å². The van der Waals surface area contributed by atoms with E-state index < -0.39 is 23.5 Å². The number of ether oxygens (including phenoxy) is 2. The quantitative estimate of drug-likeness (QED) is 0.593. The molecule has 3 aromatic rings. The predicted molar refractivity (Wildman–Crippen MR) is 105 cm³/mol. The molecule has 1 amide bonds. The summed E-state index contributed by atoms with van der Waals surface area (Å²) in [7, 11) is 1.21. The van der Waals surface area contributed by atoms with Crippen molar-refractivity contribution in [2.75, 3.05) is 13.7 Å². The molecule has 0 fully saturated rings. The number of benzene rings is 2. The van der Waals surface area contributed by atoms with E-state index in [0.29, 0.717) is 29.4 Å². The summed E-state index contributed by atoms with van der Waals surface area (Å²) in [6, 6.07) is 5.98. The number of nitrogens with zero attached hydrogens (tertiary/aromatic N) is 2. The van der Waals surface area contributed by atoms with Gasteiger partial charge in [-0.05, 0) is 30.2 Å². The van der Waals surface area contributed by atoms with E-state index in [9.17, 15) is 18.4 Å². The summed E-state index contributed by atoms with van der Waals surface area (Å²) in [4.78, 5) is 24.1. The van der Waals surface area contributed by atoms with E-state index >= 15 is 0 Å². The van der Waals surface area contributed by atoms with Crippen LogP contribution in [0.1, 0.15) is 24.2 Å². The highest BCUT2D eigenvalue weighted by Gasteiger charge is 2.19. The highest BCUT2D eigenvalue weighted by molar-refractivity contribution is 6.02. The zero-order chi connectivity index (χ0) is 21.8. The first kappa shape index (κ1) is 21.2. The minimum Gasteiger partial charge on any atom is -0.468 e. The summed E-state index contributed by atoms with van der Waals surface area (Å²) < 4.78 is 39.2. The van der Waals surface area contributed by atoms with E-state index in [1.807, 2.05) is 13.8 Å². The fourth-order valence-electron chi connectivity index (χ4n) is 2.85. The van der Waals surface area contributed by atoms with E-state index in [4.69, 9.17) is 4.74 Å². The highest BCUT2D eigenvalue weighted by Crippen LogP contribution is 2.32. The number of halogens is 2. The fourth-order valence-corrected chi connectivity index (χ4v) is 2.85. The number of hydrogen-bond donors (Lipinski definition) is 1. The van der Waals surface area contributed by atoms with Crippen LogP contribution >= 0.6 is 0 Å². The predicted octanol–water partition coefficient (Wildman–Crippen LogP) is 3.67. The average molecular weight is 417 g/mol. The Bertz CT molecular complexity index is 1100. The second-order valence-electron chi connectivity index (χ2n) is 7.06. The van der Waals surface area contributed by atoms with Gasteiger partial charge in [0.1, 0.15) is 18.1 Å². The molecule has 0 spiro atoms. The Morgan fingerprint density at radius 1 is 1.17 bits per heavy atom. The van der Waals surface area contributed by atoms with E-state index in [1.54, 1.807) is 23.0 Å². The number of hydrogen-bond acceptors (Lipinski definition) is 5. The molecule has 0 unspecified atom stereocenters. The van der Waals surface area contributed by atoms with Gasteiger partial charge in [-0.3, -0.25) is 14.3 Å². The summed E-state index contributed by atoms with van der Waals surface area (Å²) in [6.45, 7) is 4.35. The summed E-state index contributed by atoms with van der Waals surface area (Å²) in [5.74, 6) is -2.79. The molecule has 0 atom stereocenters. The van der Waals surface area contributed by atoms with Crippen molar-refractivity contribution in [2.24, 2.45) is 5.92 Å². The normalized spacial score (nSPS) is 11.0. The Labute approximate surface area is 171 Å². The van der Waals surface area contributed by atoms with Crippen LogP contribution in [-0.2, 0) is 16.1 Å². The molecular weight excluding hydrogens is 396 g/mol. The third-order valence-electron chi connectivity index (χ3n) is 4.26. The van der Waals surface area contributed by atoms with Crippen molar-refractivity contribution in [3.05, 3.63) is 53.7 Å². The second-order valence-corrected chi connectivity index (χ2v) is 7.06. The number of carbonyl (C=O) groups excluding carboxylic acids is 2. The second kappa shape index (κ2) is 8.89. The molecule has 1 aromatic heterocycles. The number of rotatable bonds is 7. The molecule has 0 radical (unpaired) electrons. The zero-order valence-electron chi connectivity index (χ0n) is 16.7. The minimum atomic E-state index is -0.911. The molecule has 0 saturated heterocycles. The van der Waals surface area contributed by atoms with Crippen molar-refractivity contribution >= 4 is 22.8 Å². The number of fused-ring (bicyclic) bond motifs is 1. The van der Waals surface area contributed by atoms with Gasteiger partial charge in [-0.25, -0.2) is 8.78 Å². The van der Waals surface area contributed by atoms with Crippen molar-refractivity contribution < 1.29 is 27.8 Å². The fraction of sp³-hybridized carbons (Fsp3) is 0.286. The number of carbonyl (C=O) groups is 2. The molecule has 0 aliphatic heterocycles. The summed E-state index contributed by atoms with van der Waals surface area (Å²) in [5.41, 5.74) is 0.750. The average Bonchev–Trinajstić information content (AvgIpc) is 3.08. The highest BCUT2D eigenvalue weighted by atomic mass is 19.1. The molecule has 0 aliphatic rings. The van der Waals surface area contributed by atoms with Gasteiger partial charge in [-0.2, -0.15) is 5.10 Å². The van der Waals surface area contributed by atoms with Gasteiger partial charge in [-0.15, -0.1) is 0 Å². The maximum atomic E-state index is 14.1. The van der Waals surface area contributed by atoms with Crippen molar-refractivity contribution in [1.82, 2.24) is 15.1 Å². The van der Waals surface area contributed by atoms with Gasteiger partial charge in [0.05, 0.1) is 24.4 Å². The largest absolute Gasteiger partial charge is 0.468 e. The Morgan fingerprint density at radius 2 is 1.93 bits per heavy atom. The van der Waals surface area contributed by atoms with Gasteiger partial charge < -0.3 is 14.8 Å². The topological polar surface area (TPSA) is 82.5 Å². The van der Waals surface area contributed by atoms with Gasteiger partial charge in [0, 0.05) is 18.0 Å². The molecule has 1 N–H and O–H groups in total. The van der Waals surface area contributed by atoms with Crippen LogP contribution in [0.5, 0.6) is 11.5 Å². The van der Waals surface area contributed by atoms with Crippen LogP contribution < -0.4 is 10.1 Å². The Balaban J connectivity index is 2.04. The van der Waals surface area contributed by atoms with Crippen LogP contribution in [0.3, 0.4) is 0 Å². The zero-order valence-corrected chi connectivity index (χ0v) is 16.7. The first-order chi connectivity index (χ1) is 14.3. The lowest BCUT2D eigenvalue weighted by Crippen LogP contribution is -2.30. The first-order valence-corrected chi connectivity index (χ1v) is 9.26. The van der Waals surface area contributed by atoms with Gasteiger partial charge in [0.15, 0.2) is 11.6 Å². The number of esters is 1. The van der Waals surface area contributed by atoms with Gasteiger partial charge in [0.2, 0.25) is 0 Å². The number of methoxy groups -OCH3 is 1. The minimum absolute atomic E-state index is 0.0412. The Kier molecular flexibility index (Phi) is 6.29. The standard InChI is InChI=1S/C21H21F2N3O4/c1-12(2)11-26-17-8-15(21(28)24-10-20(27)29-3)19(6-13(17)9-25-26)30-18-5-4-14(22)7-16(18)23/h4-9,12H,10-11H2,1-3H3,(H,24,28). The maximum absolute atomic E-state index is 14.1. The first-order valence-electron chi connectivity index (χ1n) is 9.26. The van der Waals surface area contributed by atoms with Crippen LogP contribution in [0.4, 0.5) is 8.78 Å². The van der Waals surface area contributed by atoms with Crippen molar-refractivity contribution in [1.29, 1.82) is 0 Å². The SMILES string of the molecule is COC(=O)CNC(=O)c1cc2c(cnn2CC(C)C)cc1Oc1ccc(F)cc1F. The number of amides is 1. The summed E-state index contributed by atoms with van der Waals surface area (Å²) >= 11 is 0. The maximum Gasteiger partial charge on any atom is 0.325 e. The molecule has 0 aliphatic carbocycles. The molecule has 30 heavy (non-hydrogen) atoms. The molecule has 3 rings (SSSR count). The molecule has 0 saturated carbocycles. The molecule has 7 nitrogen and oxygen atoms in total. The lowest BCUT2D eigenvalue weighted by molar-refractivity contribution is -0.139. The summed E-state index contributed by atoms with van der Waals surface area (Å²) in [5, 5.41) is 7.45. The van der Waals surface area contributed by atoms with E-state index in [0.717, 1.165) is 12.1 Å². The number of aromatic nitrogens is 2. The molecule has 9 heteroatoms. The van der Waals surface area contributed by atoms with Crippen LogP contribution in [0.25, 0.3) is 10.9 Å². The number of nitrogens with one attached hydrogen (secondary N) is 1. The van der Waals surface area contributed by atoms with Crippen LogP contribution in [0, 0.1) is 17.6 Å². The van der Waals surface area contributed by atoms with E-state index in [1.165, 1.54) is 7.11 Å². The van der Waals surface area contributed by atoms with Crippen molar-refractivity contribution in [3.63, 3.8) is 0 Å². The molecular formula is C21H21F2N3O4. The van der Waals surface area contributed by atoms with Gasteiger partial charge in [-0.1, -0.05) is 13.8 Å². The third-order valence-corrected chi connectivity index (χ3v) is 4.26. The molecule has 158 valence electrons. The monoisotopic (exact) mass is 417 g/mol. The summed E-state index contributed by atoms with van der Waals surface area (Å²) in [6.07, 6.45) is 1.61. The lowest BCUT2D eigenvalue weighted by Gasteiger charge is -2.13. The Morgan fingerprint density at radius 3 is 2.60 bits per heavy atom. The van der Waals surface area contributed by atoms with E-state index in [2.05, 4.69) is 15.2 Å². The lowest BCUT2D eigenvalue weighted by atomic mass is 10.1. The van der Waals surface area contributed by atoms with E-state index in [-0.39, 0.29) is 23.6 Å². The smallest absolute Gasteiger partial charge is 0.325 e. The van der Waals surface area contributed by atoms with Crippen molar-refractivity contribution in [3.8, 4) is 11.5 Å². The molecule has 1 heterocycles. The van der Waals surface area contributed by atoms with Crippen molar-refractivity contribution in [2.45, 2.75) is 20.4 Å². The van der Waals surface area contributed by atoms with Gasteiger partial charge >= 0.3 is 5.97 Å². The molecule has 2 aromatic carbocycles. The van der Waals surface area contributed by atoms with Crippen LogP contribution in [-0.4, -0.2) is 35.3 Å². The Hall–Kier alpha value is -3.49. The third kappa shape index (κ3) is 4.73. The van der Waals surface area contributed by atoms with Crippen LogP contribution in [0.15, 0.2) is 36.5 Å². The molecule has 0 bridgehead atoms. The van der Waals surface area contributed by atoms with Crippen LogP contribution in [0.2, 0.25) is 0 Å².